The number of likely N-dealkylation sites (tertiary alicyclic amines) is 1. The molecule has 0 unspecified atom stereocenters. The van der Waals surface area contributed by atoms with E-state index in [1.165, 1.54) is 26.2 Å². The fraction of sp³-hybridized carbons (Fsp3) is 0.947. The van der Waals surface area contributed by atoms with Gasteiger partial charge in [0.25, 0.3) is 0 Å². The van der Waals surface area contributed by atoms with Crippen molar-refractivity contribution in [1.82, 2.24) is 19.6 Å². The highest BCUT2D eigenvalue weighted by Crippen LogP contribution is 2.25. The summed E-state index contributed by atoms with van der Waals surface area (Å²) in [5.41, 5.74) is -0.523. The van der Waals surface area contributed by atoms with Gasteiger partial charge in [-0.1, -0.05) is 0 Å². The smallest absolute Gasteiger partial charge is 0.325 e. The Morgan fingerprint density at radius 2 is 1.68 bits per heavy atom. The molecule has 2 heterocycles. The van der Waals surface area contributed by atoms with Crippen LogP contribution in [0.4, 0.5) is 0 Å². The van der Waals surface area contributed by atoms with Crippen LogP contribution in [0.5, 0.6) is 0 Å². The molecule has 2 rings (SSSR count). The number of esters is 1. The first kappa shape index (κ1) is 20.6. The van der Waals surface area contributed by atoms with E-state index in [0.717, 1.165) is 38.9 Å². The Kier molecular flexibility index (Phi) is 7.68. The summed E-state index contributed by atoms with van der Waals surface area (Å²) in [6.45, 7) is 12.2. The fourth-order valence-electron chi connectivity index (χ4n) is 3.83. The Bertz CT molecular complexity index is 412. The molecular formula is C19H38N4O2. The van der Waals surface area contributed by atoms with Crippen molar-refractivity contribution >= 4 is 5.97 Å². The Morgan fingerprint density at radius 1 is 1.08 bits per heavy atom. The first-order valence-electron chi connectivity index (χ1n) is 9.80. The number of likely N-dealkylation sites (N-methyl/N-ethyl adjacent to an activating group) is 1. The van der Waals surface area contributed by atoms with Gasteiger partial charge in [0, 0.05) is 51.9 Å². The molecule has 0 bridgehead atoms. The second-order valence-corrected chi connectivity index (χ2v) is 8.41. The summed E-state index contributed by atoms with van der Waals surface area (Å²) < 4.78 is 5.54. The standard InChI is InChI=1S/C19H38N4O2/c1-19(2,18(24)25-16-6-9-20(3)4)23-10-7-17(8-11-23)22-14-12-21(5)13-15-22/h17H,6-16H2,1-5H3. The predicted octanol–water partition coefficient (Wildman–Crippen LogP) is 0.972. The number of piperidine rings is 1. The number of nitrogens with zero attached hydrogens (tertiary/aromatic N) is 4. The highest BCUT2D eigenvalue weighted by atomic mass is 16.5. The van der Waals surface area contributed by atoms with E-state index in [1.54, 1.807) is 0 Å². The largest absolute Gasteiger partial charge is 0.464 e. The second kappa shape index (κ2) is 9.31. The summed E-state index contributed by atoms with van der Waals surface area (Å²) in [5.74, 6) is -0.0793. The summed E-state index contributed by atoms with van der Waals surface area (Å²) >= 11 is 0. The normalized spacial score (nSPS) is 22.5. The Morgan fingerprint density at radius 3 is 2.24 bits per heavy atom. The topological polar surface area (TPSA) is 39.3 Å². The molecule has 0 spiro atoms. The van der Waals surface area contributed by atoms with Crippen LogP contribution in [0.25, 0.3) is 0 Å². The third-order valence-corrected chi connectivity index (χ3v) is 5.79. The molecule has 0 aromatic heterocycles. The van der Waals surface area contributed by atoms with E-state index in [1.807, 2.05) is 27.9 Å². The number of carbonyl (C=O) groups is 1. The van der Waals surface area contributed by atoms with Gasteiger partial charge in [0.15, 0.2) is 0 Å². The molecule has 6 nitrogen and oxygen atoms in total. The van der Waals surface area contributed by atoms with Gasteiger partial charge in [-0.25, -0.2) is 0 Å². The molecule has 0 aromatic carbocycles. The van der Waals surface area contributed by atoms with E-state index in [9.17, 15) is 4.79 Å². The molecule has 146 valence electrons. The van der Waals surface area contributed by atoms with Crippen LogP contribution in [0.2, 0.25) is 0 Å². The van der Waals surface area contributed by atoms with Crippen LogP contribution < -0.4 is 0 Å². The van der Waals surface area contributed by atoms with Gasteiger partial charge in [0.2, 0.25) is 0 Å². The van der Waals surface area contributed by atoms with Gasteiger partial charge in [-0.2, -0.15) is 0 Å². The molecule has 0 radical (unpaired) electrons. The number of ether oxygens (including phenoxy) is 1. The molecule has 0 saturated carbocycles. The van der Waals surface area contributed by atoms with Crippen LogP contribution in [0, 0.1) is 0 Å². The zero-order valence-corrected chi connectivity index (χ0v) is 17.0. The monoisotopic (exact) mass is 354 g/mol. The summed E-state index contributed by atoms with van der Waals surface area (Å²) in [5, 5.41) is 0. The number of carbonyl (C=O) groups excluding carboxylic acids is 1. The number of hydrogen-bond acceptors (Lipinski definition) is 6. The average molecular weight is 355 g/mol. The van der Waals surface area contributed by atoms with Gasteiger partial charge in [-0.3, -0.25) is 14.6 Å². The lowest BCUT2D eigenvalue weighted by Gasteiger charge is -2.45. The maximum atomic E-state index is 12.5. The van der Waals surface area contributed by atoms with E-state index in [-0.39, 0.29) is 5.97 Å². The summed E-state index contributed by atoms with van der Waals surface area (Å²) in [4.78, 5) is 22.0. The van der Waals surface area contributed by atoms with Crippen LogP contribution in [0.3, 0.4) is 0 Å². The molecule has 6 heteroatoms. The minimum Gasteiger partial charge on any atom is -0.464 e. The van der Waals surface area contributed by atoms with E-state index in [2.05, 4.69) is 26.6 Å². The Labute approximate surface area is 154 Å². The average Bonchev–Trinajstić information content (AvgIpc) is 2.59. The Hall–Kier alpha value is -0.690. The third-order valence-electron chi connectivity index (χ3n) is 5.79. The van der Waals surface area contributed by atoms with Crippen molar-refractivity contribution < 1.29 is 9.53 Å². The fourth-order valence-corrected chi connectivity index (χ4v) is 3.83. The van der Waals surface area contributed by atoms with Gasteiger partial charge in [-0.05, 0) is 54.3 Å². The van der Waals surface area contributed by atoms with Crippen LogP contribution >= 0.6 is 0 Å². The molecule has 0 amide bonds. The van der Waals surface area contributed by atoms with Crippen LogP contribution in [0.1, 0.15) is 33.1 Å². The van der Waals surface area contributed by atoms with Gasteiger partial charge in [0.1, 0.15) is 5.54 Å². The minimum absolute atomic E-state index is 0.0793. The van der Waals surface area contributed by atoms with Crippen LogP contribution in [0.15, 0.2) is 0 Å². The first-order valence-corrected chi connectivity index (χ1v) is 9.80. The zero-order chi connectivity index (χ0) is 18.4. The molecule has 0 atom stereocenters. The van der Waals surface area contributed by atoms with E-state index in [0.29, 0.717) is 12.6 Å². The molecule has 2 fully saturated rings. The van der Waals surface area contributed by atoms with Gasteiger partial charge < -0.3 is 14.5 Å². The molecular weight excluding hydrogens is 316 g/mol. The summed E-state index contributed by atoms with van der Waals surface area (Å²) in [7, 11) is 6.28. The molecule has 2 aliphatic heterocycles. The van der Waals surface area contributed by atoms with E-state index < -0.39 is 5.54 Å². The molecule has 25 heavy (non-hydrogen) atoms. The molecule has 0 N–H and O–H groups in total. The number of piperazine rings is 1. The lowest BCUT2D eigenvalue weighted by molar-refractivity contribution is -0.157. The third kappa shape index (κ3) is 5.91. The van der Waals surface area contributed by atoms with Crippen molar-refractivity contribution in [2.75, 3.05) is 73.6 Å². The highest BCUT2D eigenvalue weighted by molar-refractivity contribution is 5.79. The SMILES string of the molecule is CN(C)CCCOC(=O)C(C)(C)N1CCC(N2CCN(C)CC2)CC1. The summed E-state index contributed by atoms with van der Waals surface area (Å²) in [6.07, 6.45) is 3.20. The van der Waals surface area contributed by atoms with Crippen LogP contribution in [-0.4, -0.2) is 111 Å². The van der Waals surface area contributed by atoms with Gasteiger partial charge >= 0.3 is 5.97 Å². The Balaban J connectivity index is 1.75. The van der Waals surface area contributed by atoms with Crippen molar-refractivity contribution in [1.29, 1.82) is 0 Å². The minimum atomic E-state index is -0.523. The second-order valence-electron chi connectivity index (χ2n) is 8.41. The molecule has 0 aliphatic carbocycles. The molecule has 2 aliphatic rings. The summed E-state index contributed by atoms with van der Waals surface area (Å²) in [6, 6.07) is 0.678. The number of hydrogen-bond donors (Lipinski definition) is 0. The molecule has 2 saturated heterocycles. The van der Waals surface area contributed by atoms with Gasteiger partial charge in [-0.15, -0.1) is 0 Å². The predicted molar refractivity (Wildman–Crippen MR) is 102 cm³/mol. The first-order chi connectivity index (χ1) is 11.8. The van der Waals surface area contributed by atoms with Crippen molar-refractivity contribution in [3.63, 3.8) is 0 Å². The number of rotatable bonds is 7. The van der Waals surface area contributed by atoms with Crippen molar-refractivity contribution in [2.24, 2.45) is 0 Å². The lowest BCUT2D eigenvalue weighted by Crippen LogP contribution is -2.57. The van der Waals surface area contributed by atoms with E-state index >= 15 is 0 Å². The lowest BCUT2D eigenvalue weighted by atomic mass is 9.95. The van der Waals surface area contributed by atoms with Gasteiger partial charge in [0.05, 0.1) is 6.61 Å². The van der Waals surface area contributed by atoms with Crippen molar-refractivity contribution in [2.45, 2.75) is 44.7 Å². The molecule has 0 aromatic rings. The maximum absolute atomic E-state index is 12.5. The van der Waals surface area contributed by atoms with E-state index in [4.69, 9.17) is 4.74 Å². The zero-order valence-electron chi connectivity index (χ0n) is 17.0. The van der Waals surface area contributed by atoms with Crippen molar-refractivity contribution in [3.05, 3.63) is 0 Å². The quantitative estimate of drug-likeness (QED) is 0.501. The van der Waals surface area contributed by atoms with Crippen LogP contribution in [-0.2, 0) is 9.53 Å². The van der Waals surface area contributed by atoms with Crippen molar-refractivity contribution in [3.8, 4) is 0 Å². The highest BCUT2D eigenvalue weighted by Gasteiger charge is 2.39. The maximum Gasteiger partial charge on any atom is 0.325 e.